The van der Waals surface area contributed by atoms with E-state index < -0.39 is 5.60 Å². The summed E-state index contributed by atoms with van der Waals surface area (Å²) in [6.45, 7) is 16.0. The fourth-order valence-electron chi connectivity index (χ4n) is 11.9. The molecular formula is C30H50O4. The maximum absolute atomic E-state index is 11.9. The number of ether oxygens (including phenoxy) is 1. The average molecular weight is 475 g/mol. The smallest absolute Gasteiger partial charge is 0.0865 e. The minimum Gasteiger partial charge on any atom is -0.393 e. The molecule has 5 saturated carbocycles. The van der Waals surface area contributed by atoms with Gasteiger partial charge in [0.15, 0.2) is 0 Å². The Hall–Kier alpha value is -0.160. The summed E-state index contributed by atoms with van der Waals surface area (Å²) in [6.07, 6.45) is 10.2. The molecule has 0 amide bonds. The summed E-state index contributed by atoms with van der Waals surface area (Å²) in [5.74, 6) is 1.12. The molecule has 34 heavy (non-hydrogen) atoms. The van der Waals surface area contributed by atoms with Crippen molar-refractivity contribution in [3.05, 3.63) is 0 Å². The predicted octanol–water partition coefficient (Wildman–Crippen LogP) is 5.47. The van der Waals surface area contributed by atoms with Crippen molar-refractivity contribution in [2.24, 2.45) is 44.8 Å². The molecule has 0 aromatic heterocycles. The highest BCUT2D eigenvalue weighted by Crippen LogP contribution is 2.87. The van der Waals surface area contributed by atoms with Gasteiger partial charge in [0.25, 0.3) is 0 Å². The summed E-state index contributed by atoms with van der Waals surface area (Å²) >= 11 is 0. The molecule has 0 aromatic carbocycles. The highest BCUT2D eigenvalue weighted by atomic mass is 16.5. The molecule has 6 aliphatic rings. The molecule has 1 saturated heterocycles. The van der Waals surface area contributed by atoms with Crippen LogP contribution in [0.4, 0.5) is 0 Å². The Bertz CT molecular complexity index is 882. The number of rotatable bonds is 2. The van der Waals surface area contributed by atoms with Gasteiger partial charge in [-0.25, -0.2) is 0 Å². The molecule has 12 unspecified atom stereocenters. The molecule has 6 fully saturated rings. The van der Waals surface area contributed by atoms with E-state index in [1.165, 1.54) is 25.7 Å². The average Bonchev–Trinajstić information content (AvgIpc) is 3.02. The minimum atomic E-state index is -0.823. The van der Waals surface area contributed by atoms with Crippen molar-refractivity contribution in [3.63, 3.8) is 0 Å². The zero-order valence-electron chi connectivity index (χ0n) is 22.8. The first-order valence-corrected chi connectivity index (χ1v) is 14.3. The number of hydrogen-bond acceptors (Lipinski definition) is 4. The third-order valence-electron chi connectivity index (χ3n) is 14.2. The van der Waals surface area contributed by atoms with Crippen LogP contribution in [0.1, 0.15) is 113 Å². The van der Waals surface area contributed by atoms with Crippen LogP contribution in [-0.4, -0.2) is 44.8 Å². The Morgan fingerprint density at radius 2 is 1.44 bits per heavy atom. The van der Waals surface area contributed by atoms with Crippen molar-refractivity contribution < 1.29 is 20.1 Å². The van der Waals surface area contributed by atoms with E-state index in [1.54, 1.807) is 0 Å². The monoisotopic (exact) mass is 474 g/mol. The van der Waals surface area contributed by atoms with Crippen molar-refractivity contribution in [2.75, 3.05) is 0 Å². The van der Waals surface area contributed by atoms with Crippen LogP contribution < -0.4 is 0 Å². The van der Waals surface area contributed by atoms with Crippen molar-refractivity contribution in [1.82, 2.24) is 0 Å². The summed E-state index contributed by atoms with van der Waals surface area (Å²) in [7, 11) is 0. The first-order valence-electron chi connectivity index (χ1n) is 14.3. The maximum atomic E-state index is 11.9. The lowest BCUT2D eigenvalue weighted by Gasteiger charge is -2.69. The van der Waals surface area contributed by atoms with Gasteiger partial charge in [-0.1, -0.05) is 27.7 Å². The summed E-state index contributed by atoms with van der Waals surface area (Å²) in [6, 6.07) is 0. The van der Waals surface area contributed by atoms with E-state index in [9.17, 15) is 15.3 Å². The van der Waals surface area contributed by atoms with Crippen LogP contribution in [0.5, 0.6) is 0 Å². The molecule has 3 N–H and O–H groups in total. The van der Waals surface area contributed by atoms with Gasteiger partial charge >= 0.3 is 0 Å². The zero-order valence-corrected chi connectivity index (χ0v) is 22.8. The van der Waals surface area contributed by atoms with E-state index in [4.69, 9.17) is 4.74 Å². The molecule has 5 aliphatic carbocycles. The second-order valence-electron chi connectivity index (χ2n) is 15.6. The molecule has 0 bridgehead atoms. The largest absolute Gasteiger partial charge is 0.393 e. The molecule has 1 heterocycles. The fourth-order valence-corrected chi connectivity index (χ4v) is 11.9. The van der Waals surface area contributed by atoms with Crippen LogP contribution in [0, 0.1) is 44.8 Å². The van der Waals surface area contributed by atoms with Crippen LogP contribution in [0.3, 0.4) is 0 Å². The molecule has 4 nitrogen and oxygen atoms in total. The fraction of sp³-hybridized carbons (Fsp3) is 1.00. The van der Waals surface area contributed by atoms with Gasteiger partial charge in [-0.3, -0.25) is 0 Å². The first kappa shape index (κ1) is 24.2. The maximum Gasteiger partial charge on any atom is 0.0865 e. The van der Waals surface area contributed by atoms with Crippen LogP contribution in [0.15, 0.2) is 0 Å². The molecule has 0 radical (unpaired) electrons. The highest BCUT2D eigenvalue weighted by Gasteiger charge is 2.82. The van der Waals surface area contributed by atoms with Gasteiger partial charge in [-0.05, 0) is 124 Å². The Morgan fingerprint density at radius 3 is 2.09 bits per heavy atom. The molecule has 6 rings (SSSR count). The molecule has 0 aromatic rings. The predicted molar refractivity (Wildman–Crippen MR) is 133 cm³/mol. The third kappa shape index (κ3) is 2.56. The van der Waals surface area contributed by atoms with Crippen LogP contribution in [0.25, 0.3) is 0 Å². The lowest BCUT2D eigenvalue weighted by Crippen LogP contribution is -2.65. The van der Waals surface area contributed by atoms with E-state index in [0.29, 0.717) is 11.8 Å². The zero-order chi connectivity index (χ0) is 24.7. The number of fused-ring (bicyclic) bond motifs is 4. The molecular weight excluding hydrogens is 424 g/mol. The summed E-state index contributed by atoms with van der Waals surface area (Å²) in [5, 5.41) is 33.5. The van der Waals surface area contributed by atoms with Gasteiger partial charge in [-0.15, -0.1) is 0 Å². The van der Waals surface area contributed by atoms with Crippen molar-refractivity contribution in [2.45, 2.75) is 142 Å². The quantitative estimate of drug-likeness (QED) is 0.497. The topological polar surface area (TPSA) is 69.9 Å². The van der Waals surface area contributed by atoms with Gasteiger partial charge in [0.2, 0.25) is 0 Å². The van der Waals surface area contributed by atoms with Crippen LogP contribution in [0.2, 0.25) is 0 Å². The summed E-state index contributed by atoms with van der Waals surface area (Å²) < 4.78 is 6.67. The number of hydrogen-bond donors (Lipinski definition) is 3. The number of aliphatic hydroxyl groups is 3. The highest BCUT2D eigenvalue weighted by molar-refractivity contribution is 5.30. The third-order valence-corrected chi connectivity index (χ3v) is 14.2. The Balaban J connectivity index is 1.34. The normalized spacial score (nSPS) is 63.0. The molecule has 194 valence electrons. The van der Waals surface area contributed by atoms with Crippen molar-refractivity contribution in [3.8, 4) is 0 Å². The molecule has 12 atom stereocenters. The van der Waals surface area contributed by atoms with E-state index in [-0.39, 0.29) is 56.9 Å². The van der Waals surface area contributed by atoms with Crippen molar-refractivity contribution >= 4 is 0 Å². The van der Waals surface area contributed by atoms with E-state index in [2.05, 4.69) is 34.6 Å². The van der Waals surface area contributed by atoms with Gasteiger partial charge < -0.3 is 20.1 Å². The van der Waals surface area contributed by atoms with Gasteiger partial charge in [0.05, 0.1) is 29.5 Å². The molecule has 1 spiro atoms. The molecule has 4 heteroatoms. The lowest BCUT2D eigenvalue weighted by molar-refractivity contribution is -0.239. The van der Waals surface area contributed by atoms with E-state index >= 15 is 0 Å². The standard InChI is InChI=1S/C30H50O4/c1-24(2,33)22-10-13-29(7,34-22)18-8-11-27(5)23(18)19(31)16-20-25(27,3)14-15-30-17-28(30,6)21(32)9-12-26(20,30)4/h18-23,31-33H,8-17H2,1-7H3. The van der Waals surface area contributed by atoms with Crippen LogP contribution >= 0.6 is 0 Å². The Labute approximate surface area is 207 Å². The van der Waals surface area contributed by atoms with Gasteiger partial charge in [0, 0.05) is 5.41 Å². The Morgan fingerprint density at radius 1 is 0.765 bits per heavy atom. The molecule has 1 aliphatic heterocycles. The summed E-state index contributed by atoms with van der Waals surface area (Å²) in [5.41, 5.74) is -0.214. The lowest BCUT2D eigenvalue weighted by atomic mass is 9.36. The van der Waals surface area contributed by atoms with Crippen LogP contribution in [-0.2, 0) is 4.74 Å². The second kappa shape index (κ2) is 6.63. The summed E-state index contributed by atoms with van der Waals surface area (Å²) in [4.78, 5) is 0. The van der Waals surface area contributed by atoms with E-state index in [0.717, 1.165) is 38.5 Å². The number of aliphatic hydroxyl groups excluding tert-OH is 2. The second-order valence-corrected chi connectivity index (χ2v) is 15.6. The Kier molecular flexibility index (Phi) is 4.72. The minimum absolute atomic E-state index is 0.0829. The SMILES string of the molecule is CC(C)(O)C1CCC(C)(C2CCC3(C)C2C(O)CC2C3(C)CCC34CC3(C)C(O)CCC24C)O1. The van der Waals surface area contributed by atoms with E-state index in [1.807, 2.05) is 13.8 Å². The van der Waals surface area contributed by atoms with Gasteiger partial charge in [0.1, 0.15) is 0 Å². The van der Waals surface area contributed by atoms with Gasteiger partial charge in [-0.2, -0.15) is 0 Å². The van der Waals surface area contributed by atoms with Crippen molar-refractivity contribution in [1.29, 1.82) is 0 Å². The first-order chi connectivity index (χ1) is 15.6.